The number of amides is 2. The van der Waals surface area contributed by atoms with Gasteiger partial charge in [-0.25, -0.2) is 23.5 Å². The summed E-state index contributed by atoms with van der Waals surface area (Å²) in [5, 5.41) is 10.2. The number of carbonyl (C=O) groups excluding carboxylic acids is 2. The van der Waals surface area contributed by atoms with Gasteiger partial charge in [0.25, 0.3) is 20.2 Å². The fourth-order valence-corrected chi connectivity index (χ4v) is 7.80. The van der Waals surface area contributed by atoms with E-state index in [0.29, 0.717) is 54.2 Å². The number of likely N-dealkylation sites (tertiary alicyclic amines) is 1. The third-order valence-electron chi connectivity index (χ3n) is 9.51. The van der Waals surface area contributed by atoms with Gasteiger partial charge in [0, 0.05) is 66.5 Å². The number of nitrogens with one attached hydrogen (secondary N) is 2. The molecule has 6 aromatic rings. The van der Waals surface area contributed by atoms with Crippen molar-refractivity contribution in [3.05, 3.63) is 104 Å². The fourth-order valence-electron chi connectivity index (χ4n) is 6.38. The van der Waals surface area contributed by atoms with Crippen LogP contribution in [0, 0.1) is 5.82 Å². The van der Waals surface area contributed by atoms with E-state index in [1.165, 1.54) is 68.2 Å². The molecule has 0 spiro atoms. The molecule has 0 saturated carbocycles. The van der Waals surface area contributed by atoms with Gasteiger partial charge >= 0.3 is 6.03 Å². The predicted octanol–water partition coefficient (Wildman–Crippen LogP) is 6.70. The Morgan fingerprint density at radius 1 is 0.921 bits per heavy atom. The molecule has 1 fully saturated rings. The lowest BCUT2D eigenvalue weighted by atomic mass is 10.1. The highest BCUT2D eigenvalue weighted by molar-refractivity contribution is 7.86. The van der Waals surface area contributed by atoms with Crippen LogP contribution in [0.15, 0.2) is 108 Å². The Balaban J connectivity index is 0.000000305. The van der Waals surface area contributed by atoms with Crippen molar-refractivity contribution in [1.82, 2.24) is 30.0 Å². The zero-order chi connectivity index (χ0) is 45.7. The fraction of sp³-hybridized carbons (Fsp3) is 0.244. The maximum Gasteiger partial charge on any atom is 0.342 e. The number of piperidine rings is 1. The number of aromatic nitrogens is 4. The number of anilines is 2. The number of hydrogen-bond acceptors (Lipinski definition) is 13. The largest absolute Gasteiger partial charge is 0.493 e. The van der Waals surface area contributed by atoms with E-state index in [2.05, 4.69) is 32.3 Å². The summed E-state index contributed by atoms with van der Waals surface area (Å²) < 4.78 is 109. The van der Waals surface area contributed by atoms with Crippen molar-refractivity contribution in [2.75, 3.05) is 32.2 Å². The minimum atomic E-state index is -4.47. The van der Waals surface area contributed by atoms with Gasteiger partial charge in [-0.1, -0.05) is 30.8 Å². The van der Waals surface area contributed by atoms with Gasteiger partial charge in [0.1, 0.15) is 46.3 Å². The van der Waals surface area contributed by atoms with Crippen molar-refractivity contribution in [2.24, 2.45) is 0 Å². The molecule has 63 heavy (non-hydrogen) atoms. The van der Waals surface area contributed by atoms with Gasteiger partial charge in [0.05, 0.1) is 23.9 Å². The molecule has 1 aliphatic heterocycles. The number of alkyl halides is 1. The SMILES string of the molecule is C=CC(=O)N1CCC(Oc2cc3c(Nc4ccc(Oc5ccn(C(=O)NC(C)(C)CF)n5)cc4F)ncnc3cc2OC)CC1.O=S(=O)(O)c1cccc2c(S(=O)(=O)O)cccc12. The Morgan fingerprint density at radius 3 is 2.14 bits per heavy atom. The maximum atomic E-state index is 15.2. The molecule has 0 aliphatic carbocycles. The standard InChI is InChI=1S/C31H33F2N7O5.C10H8O6S2/c1-5-28(41)39-11-8-19(9-12-39)44-26-15-21-24(16-25(26)43-4)34-18-35-29(21)36-23-7-6-20(14-22(23)33)45-27-10-13-40(38-27)30(42)37-31(2,3)17-32;11-17(12,13)9-5-1-3-7-8(9)4-2-6-10(7)18(14,15)16/h5-7,10,13-16,18-19H,1,8-9,11-12,17H2,2-4H3,(H,37,42)(H,34,35,36);1-6H,(H,11,12,13)(H,14,15,16). The van der Waals surface area contributed by atoms with Crippen LogP contribution >= 0.6 is 0 Å². The average molecular weight is 910 g/mol. The van der Waals surface area contributed by atoms with Gasteiger partial charge in [-0.3, -0.25) is 13.9 Å². The number of fused-ring (bicyclic) bond motifs is 2. The van der Waals surface area contributed by atoms with E-state index < -0.39 is 54.1 Å². The van der Waals surface area contributed by atoms with Crippen molar-refractivity contribution in [2.45, 2.75) is 48.1 Å². The number of carbonyl (C=O) groups is 2. The summed E-state index contributed by atoms with van der Waals surface area (Å²) in [6.07, 6.45) is 5.16. The Bertz CT molecular complexity index is 2850. The molecule has 18 nitrogen and oxygen atoms in total. The first-order chi connectivity index (χ1) is 29.8. The van der Waals surface area contributed by atoms with Gasteiger partial charge in [-0.05, 0) is 50.3 Å². The number of rotatable bonds is 12. The molecule has 2 amide bonds. The lowest BCUT2D eigenvalue weighted by Crippen LogP contribution is -2.47. The number of hydrogen-bond donors (Lipinski definition) is 4. The monoisotopic (exact) mass is 909 g/mol. The van der Waals surface area contributed by atoms with Gasteiger partial charge in [0.15, 0.2) is 11.5 Å². The van der Waals surface area contributed by atoms with E-state index >= 15 is 4.39 Å². The number of nitrogens with zero attached hydrogens (tertiary/aromatic N) is 5. The van der Waals surface area contributed by atoms with Crippen molar-refractivity contribution >= 4 is 65.4 Å². The van der Waals surface area contributed by atoms with E-state index in [1.807, 2.05) is 0 Å². The molecule has 4 aromatic carbocycles. The predicted molar refractivity (Wildman–Crippen MR) is 226 cm³/mol. The van der Waals surface area contributed by atoms with Gasteiger partial charge in [-0.15, -0.1) is 5.10 Å². The van der Waals surface area contributed by atoms with Crippen LogP contribution < -0.4 is 24.8 Å². The Labute approximate surface area is 360 Å². The highest BCUT2D eigenvalue weighted by Crippen LogP contribution is 2.37. The number of methoxy groups -OCH3 is 1. The quantitative estimate of drug-likeness (QED) is 0.0737. The summed E-state index contributed by atoms with van der Waals surface area (Å²) in [5.41, 5.74) is -0.381. The number of benzene rings is 4. The smallest absolute Gasteiger partial charge is 0.342 e. The summed E-state index contributed by atoms with van der Waals surface area (Å²) in [7, 11) is -7.40. The van der Waals surface area contributed by atoms with Crippen molar-refractivity contribution in [3.63, 3.8) is 0 Å². The molecule has 2 aromatic heterocycles. The van der Waals surface area contributed by atoms with Crippen molar-refractivity contribution in [3.8, 4) is 23.1 Å². The van der Waals surface area contributed by atoms with Crippen LogP contribution in [0.25, 0.3) is 21.7 Å². The molecular weight excluding hydrogens is 869 g/mol. The second kappa shape index (κ2) is 18.7. The highest BCUT2D eigenvalue weighted by Gasteiger charge is 2.25. The third kappa shape index (κ3) is 11.0. The zero-order valence-electron chi connectivity index (χ0n) is 33.9. The lowest BCUT2D eigenvalue weighted by Gasteiger charge is -2.31. The first-order valence-electron chi connectivity index (χ1n) is 18.9. The average Bonchev–Trinajstić information content (AvgIpc) is 3.72. The zero-order valence-corrected chi connectivity index (χ0v) is 35.5. The van der Waals surface area contributed by atoms with Gasteiger partial charge < -0.3 is 29.7 Å². The summed E-state index contributed by atoms with van der Waals surface area (Å²) in [6.45, 7) is 6.98. The summed E-state index contributed by atoms with van der Waals surface area (Å²) >= 11 is 0. The first kappa shape index (κ1) is 45.8. The highest BCUT2D eigenvalue weighted by atomic mass is 32.2. The topological polar surface area (TPSA) is 241 Å². The van der Waals surface area contributed by atoms with E-state index in [4.69, 9.17) is 23.3 Å². The normalized spacial score (nSPS) is 13.5. The Kier molecular flexibility index (Phi) is 13.6. The minimum absolute atomic E-state index is 0.0233. The molecule has 0 bridgehead atoms. The van der Waals surface area contributed by atoms with Crippen LogP contribution in [-0.2, 0) is 25.0 Å². The van der Waals surface area contributed by atoms with Gasteiger partial charge in [-0.2, -0.15) is 21.5 Å². The summed E-state index contributed by atoms with van der Waals surface area (Å²) in [4.78, 5) is 33.8. The number of halogens is 2. The molecule has 332 valence electrons. The maximum absolute atomic E-state index is 15.2. The Hall–Kier alpha value is -6.75. The van der Waals surface area contributed by atoms with Crippen LogP contribution in [0.4, 0.5) is 25.1 Å². The molecule has 0 atom stereocenters. The Morgan fingerprint density at radius 2 is 1.57 bits per heavy atom. The van der Waals surface area contributed by atoms with Crippen LogP contribution in [0.2, 0.25) is 0 Å². The molecule has 3 heterocycles. The van der Waals surface area contributed by atoms with Crippen molar-refractivity contribution < 1.29 is 58.5 Å². The van der Waals surface area contributed by atoms with Crippen LogP contribution in [0.5, 0.6) is 23.1 Å². The summed E-state index contributed by atoms with van der Waals surface area (Å²) in [5.74, 6) is 0.745. The van der Waals surface area contributed by atoms with Crippen LogP contribution in [0.3, 0.4) is 0 Å². The van der Waals surface area contributed by atoms with Gasteiger partial charge in [0.2, 0.25) is 11.8 Å². The molecule has 22 heteroatoms. The van der Waals surface area contributed by atoms with Crippen LogP contribution in [-0.4, -0.2) is 101 Å². The molecule has 4 N–H and O–H groups in total. The second-order valence-corrected chi connectivity index (χ2v) is 17.3. The molecule has 1 aliphatic rings. The van der Waals surface area contributed by atoms with Crippen molar-refractivity contribution in [1.29, 1.82) is 0 Å². The molecule has 7 rings (SSSR count). The molecule has 1 saturated heterocycles. The van der Waals surface area contributed by atoms with E-state index in [9.17, 15) is 30.8 Å². The minimum Gasteiger partial charge on any atom is -0.493 e. The molecule has 0 radical (unpaired) electrons. The second-order valence-electron chi connectivity index (χ2n) is 14.6. The summed E-state index contributed by atoms with van der Waals surface area (Å²) in [6, 6.07) is 16.0. The lowest BCUT2D eigenvalue weighted by molar-refractivity contribution is -0.127. The first-order valence-corrected chi connectivity index (χ1v) is 21.7. The number of ether oxygens (including phenoxy) is 3. The van der Waals surface area contributed by atoms with E-state index in [-0.39, 0.29) is 40.1 Å². The van der Waals surface area contributed by atoms with E-state index in [0.717, 1.165) is 22.9 Å². The van der Waals surface area contributed by atoms with Crippen LogP contribution in [0.1, 0.15) is 26.7 Å². The third-order valence-corrected chi connectivity index (χ3v) is 11.3. The van der Waals surface area contributed by atoms with E-state index in [1.54, 1.807) is 30.9 Å². The molecular formula is C41H41F2N7O11S2. The molecule has 0 unspecified atom stereocenters.